The van der Waals surface area contributed by atoms with Gasteiger partial charge in [-0.05, 0) is 18.6 Å². The molecule has 3 aromatic rings. The second kappa shape index (κ2) is 7.57. The Bertz CT molecular complexity index is 909. The lowest BCUT2D eigenvalue weighted by Crippen LogP contribution is -2.29. The molecule has 0 fully saturated rings. The summed E-state index contributed by atoms with van der Waals surface area (Å²) in [4.78, 5) is 16.3. The van der Waals surface area contributed by atoms with Crippen molar-refractivity contribution in [2.45, 2.75) is 19.5 Å². The van der Waals surface area contributed by atoms with Crippen LogP contribution in [0.15, 0.2) is 42.6 Å². The van der Waals surface area contributed by atoms with Crippen molar-refractivity contribution in [1.29, 1.82) is 0 Å². The summed E-state index contributed by atoms with van der Waals surface area (Å²) in [7, 11) is 1.56. The van der Waals surface area contributed by atoms with E-state index >= 15 is 0 Å². The van der Waals surface area contributed by atoms with Crippen LogP contribution in [-0.2, 0) is 4.74 Å². The predicted octanol–water partition coefficient (Wildman–Crippen LogP) is 3.09. The molecule has 1 amide bonds. The minimum absolute atomic E-state index is 0.0179. The number of carbonyl (C=O) groups excluding carboxylic acids is 1. The van der Waals surface area contributed by atoms with Gasteiger partial charge in [-0.1, -0.05) is 29.8 Å². The maximum Gasteiger partial charge on any atom is 0.280 e. The highest BCUT2D eigenvalue weighted by Gasteiger charge is 2.18. The van der Waals surface area contributed by atoms with Gasteiger partial charge < -0.3 is 10.1 Å². The molecule has 0 aliphatic carbocycles. The molecule has 26 heavy (non-hydrogen) atoms. The Kier molecular flexibility index (Phi) is 5.22. The van der Waals surface area contributed by atoms with Gasteiger partial charge in [0.2, 0.25) is 0 Å². The van der Waals surface area contributed by atoms with Gasteiger partial charge in [0, 0.05) is 25.9 Å². The molecule has 0 saturated heterocycles. The molecule has 3 rings (SSSR count). The highest BCUT2D eigenvalue weighted by atomic mass is 19.3. The van der Waals surface area contributed by atoms with E-state index < -0.39 is 12.3 Å². The summed E-state index contributed by atoms with van der Waals surface area (Å²) in [6, 6.07) is 10.3. The third kappa shape index (κ3) is 3.70. The number of carbonyl (C=O) groups is 1. The number of aryl methyl sites for hydroxylation is 1. The maximum atomic E-state index is 13.0. The molecule has 0 aliphatic heterocycles. The van der Waals surface area contributed by atoms with Crippen LogP contribution in [-0.4, -0.2) is 34.2 Å². The molecule has 1 N–H and O–H groups in total. The number of hydrogen-bond acceptors (Lipinski definition) is 4. The fourth-order valence-electron chi connectivity index (χ4n) is 2.58. The first-order valence-corrected chi connectivity index (χ1v) is 8.00. The first-order chi connectivity index (χ1) is 12.5. The van der Waals surface area contributed by atoms with Gasteiger partial charge in [0.25, 0.3) is 12.3 Å². The number of aromatic nitrogens is 3. The van der Waals surface area contributed by atoms with Crippen molar-refractivity contribution in [3.05, 3.63) is 65.1 Å². The van der Waals surface area contributed by atoms with E-state index in [1.54, 1.807) is 7.11 Å². The van der Waals surface area contributed by atoms with Crippen LogP contribution in [0.2, 0.25) is 0 Å². The highest BCUT2D eigenvalue weighted by Crippen LogP contribution is 2.19. The molecule has 0 spiro atoms. The lowest BCUT2D eigenvalue weighted by atomic mass is 10.1. The van der Waals surface area contributed by atoms with Gasteiger partial charge in [0.15, 0.2) is 11.3 Å². The lowest BCUT2D eigenvalue weighted by molar-refractivity contribution is 0.0823. The molecule has 136 valence electrons. The van der Waals surface area contributed by atoms with Gasteiger partial charge in [-0.15, -0.1) is 0 Å². The van der Waals surface area contributed by atoms with Crippen LogP contribution in [0.5, 0.6) is 0 Å². The zero-order valence-corrected chi connectivity index (χ0v) is 14.3. The topological polar surface area (TPSA) is 68.5 Å². The quantitative estimate of drug-likeness (QED) is 0.733. The van der Waals surface area contributed by atoms with Gasteiger partial charge >= 0.3 is 0 Å². The largest absolute Gasteiger partial charge is 0.375 e. The van der Waals surface area contributed by atoms with E-state index in [4.69, 9.17) is 4.74 Å². The number of amides is 1. The van der Waals surface area contributed by atoms with Crippen LogP contribution >= 0.6 is 0 Å². The summed E-state index contributed by atoms with van der Waals surface area (Å²) in [6.07, 6.45) is -1.78. The average Bonchev–Trinajstić information content (AvgIpc) is 3.07. The van der Waals surface area contributed by atoms with E-state index in [-0.39, 0.29) is 29.7 Å². The average molecular weight is 360 g/mol. The smallest absolute Gasteiger partial charge is 0.280 e. The number of rotatable bonds is 6. The van der Waals surface area contributed by atoms with E-state index in [2.05, 4.69) is 15.4 Å². The monoisotopic (exact) mass is 360 g/mol. The van der Waals surface area contributed by atoms with Crippen molar-refractivity contribution in [1.82, 2.24) is 19.9 Å². The molecule has 0 aliphatic rings. The van der Waals surface area contributed by atoms with Crippen molar-refractivity contribution in [3.8, 4) is 0 Å². The standard InChI is InChI=1S/C18H18F2N4O2/c1-11-3-5-12(6-4-11)15(26-2)10-22-18(25)13-9-16-21-8-7-14(17(19)20)24(16)23-13/h3-9,15,17H,10H2,1-2H3,(H,22,25). The number of benzene rings is 1. The molecule has 1 aromatic carbocycles. The Labute approximate surface area is 148 Å². The van der Waals surface area contributed by atoms with Crippen molar-refractivity contribution in [2.24, 2.45) is 0 Å². The van der Waals surface area contributed by atoms with E-state index in [0.29, 0.717) is 0 Å². The molecule has 2 heterocycles. The van der Waals surface area contributed by atoms with Crippen LogP contribution < -0.4 is 5.32 Å². The molecule has 0 bridgehead atoms. The number of nitrogens with one attached hydrogen (secondary N) is 1. The van der Waals surface area contributed by atoms with Gasteiger partial charge in [0.1, 0.15) is 5.69 Å². The number of ether oxygens (including phenoxy) is 1. The second-order valence-corrected chi connectivity index (χ2v) is 5.82. The number of nitrogens with zero attached hydrogens (tertiary/aromatic N) is 3. The van der Waals surface area contributed by atoms with Crippen molar-refractivity contribution >= 4 is 11.6 Å². The van der Waals surface area contributed by atoms with Crippen LogP contribution in [0.4, 0.5) is 8.78 Å². The Hall–Kier alpha value is -2.87. The predicted molar refractivity (Wildman–Crippen MR) is 91.2 cm³/mol. The van der Waals surface area contributed by atoms with Crippen molar-refractivity contribution in [2.75, 3.05) is 13.7 Å². The van der Waals surface area contributed by atoms with Gasteiger partial charge in [-0.3, -0.25) is 4.79 Å². The van der Waals surface area contributed by atoms with E-state index in [0.717, 1.165) is 15.6 Å². The van der Waals surface area contributed by atoms with E-state index in [1.165, 1.54) is 18.3 Å². The summed E-state index contributed by atoms with van der Waals surface area (Å²) in [5.74, 6) is -0.482. The Morgan fingerprint density at radius 1 is 1.27 bits per heavy atom. The summed E-state index contributed by atoms with van der Waals surface area (Å²) in [6.45, 7) is 2.21. The Morgan fingerprint density at radius 2 is 2.00 bits per heavy atom. The third-order valence-corrected chi connectivity index (χ3v) is 4.03. The SMILES string of the molecule is COC(CNC(=O)c1cc2nccc(C(F)F)n2n1)c1ccc(C)cc1. The van der Waals surface area contributed by atoms with E-state index in [1.807, 2.05) is 31.2 Å². The van der Waals surface area contributed by atoms with Crippen molar-refractivity contribution in [3.63, 3.8) is 0 Å². The first kappa shape index (κ1) is 17.9. The summed E-state index contributed by atoms with van der Waals surface area (Å²) in [5, 5.41) is 6.66. The molecular weight excluding hydrogens is 342 g/mol. The zero-order chi connectivity index (χ0) is 18.7. The normalized spacial score (nSPS) is 12.5. The third-order valence-electron chi connectivity index (χ3n) is 4.03. The second-order valence-electron chi connectivity index (χ2n) is 5.82. The van der Waals surface area contributed by atoms with Gasteiger partial charge in [-0.25, -0.2) is 18.3 Å². The molecular formula is C18H18F2N4O2. The molecule has 2 aromatic heterocycles. The summed E-state index contributed by atoms with van der Waals surface area (Å²) < 4.78 is 32.4. The van der Waals surface area contributed by atoms with Crippen LogP contribution in [0, 0.1) is 6.92 Å². The molecule has 8 heteroatoms. The van der Waals surface area contributed by atoms with E-state index in [9.17, 15) is 13.6 Å². The fourth-order valence-corrected chi connectivity index (χ4v) is 2.58. The maximum absolute atomic E-state index is 13.0. The number of fused-ring (bicyclic) bond motifs is 1. The first-order valence-electron chi connectivity index (χ1n) is 8.00. The lowest BCUT2D eigenvalue weighted by Gasteiger charge is -2.16. The fraction of sp³-hybridized carbons (Fsp3) is 0.278. The van der Waals surface area contributed by atoms with Crippen molar-refractivity contribution < 1.29 is 18.3 Å². The minimum Gasteiger partial charge on any atom is -0.375 e. The molecule has 0 radical (unpaired) electrons. The zero-order valence-electron chi connectivity index (χ0n) is 14.3. The van der Waals surface area contributed by atoms with Crippen LogP contribution in [0.25, 0.3) is 5.65 Å². The number of halogens is 2. The number of methoxy groups -OCH3 is 1. The Balaban J connectivity index is 1.74. The highest BCUT2D eigenvalue weighted by molar-refractivity contribution is 5.93. The summed E-state index contributed by atoms with van der Waals surface area (Å²) >= 11 is 0. The van der Waals surface area contributed by atoms with Crippen LogP contribution in [0.1, 0.15) is 39.8 Å². The Morgan fingerprint density at radius 3 is 2.65 bits per heavy atom. The summed E-state index contributed by atoms with van der Waals surface area (Å²) in [5.41, 5.74) is 1.94. The molecule has 1 atom stereocenters. The molecule has 6 nitrogen and oxygen atoms in total. The number of hydrogen-bond donors (Lipinski definition) is 1. The van der Waals surface area contributed by atoms with Gasteiger partial charge in [-0.2, -0.15) is 5.10 Å². The van der Waals surface area contributed by atoms with Crippen LogP contribution in [0.3, 0.4) is 0 Å². The van der Waals surface area contributed by atoms with Gasteiger partial charge in [0.05, 0.1) is 6.10 Å². The molecule has 1 unspecified atom stereocenters. The molecule has 0 saturated carbocycles. The number of alkyl halides is 2. The minimum atomic E-state index is -2.71.